The summed E-state index contributed by atoms with van der Waals surface area (Å²) in [5.74, 6) is -1.87. The molecule has 0 radical (unpaired) electrons. The average Bonchev–Trinajstić information content (AvgIpc) is 3.34. The Hall–Kier alpha value is -3.22. The zero-order chi connectivity index (χ0) is 19.0. The Morgan fingerprint density at radius 1 is 1.19 bits per heavy atom. The largest absolute Gasteiger partial charge is 0.504 e. The van der Waals surface area contributed by atoms with Crippen molar-refractivity contribution < 1.29 is 19.1 Å². The number of rotatable bonds is 4. The van der Waals surface area contributed by atoms with Gasteiger partial charge in [-0.15, -0.1) is 0 Å². The van der Waals surface area contributed by atoms with Gasteiger partial charge in [0.25, 0.3) is 5.91 Å². The smallest absolute Gasteiger partial charge is 0.274 e. The number of hydrogen-bond donors (Lipinski definition) is 2. The number of amides is 1. The van der Waals surface area contributed by atoms with Crippen LogP contribution in [0.5, 0.6) is 5.75 Å². The van der Waals surface area contributed by atoms with Gasteiger partial charge >= 0.3 is 0 Å². The summed E-state index contributed by atoms with van der Waals surface area (Å²) >= 11 is 0. The molecule has 27 heavy (non-hydrogen) atoms. The van der Waals surface area contributed by atoms with Crippen molar-refractivity contribution in [2.75, 3.05) is 18.0 Å². The van der Waals surface area contributed by atoms with Gasteiger partial charge in [0, 0.05) is 24.3 Å². The molecule has 2 aliphatic rings. The lowest BCUT2D eigenvalue weighted by molar-refractivity contribution is -0.118. The standard InChI is InChI=1S/C20H18FN3O3/c21-16-10-13(9-14(11-25)18(16)26)19-22-17(20(27)23-19)12-3-5-15(6-4-12)24-7-1-2-8-24/h3-6,9-11,17,26H,1-2,7-8H2,(H,22,23,27). The highest BCUT2D eigenvalue weighted by Gasteiger charge is 2.29. The lowest BCUT2D eigenvalue weighted by Crippen LogP contribution is -2.26. The van der Waals surface area contributed by atoms with Crippen LogP contribution in [0.1, 0.15) is 40.4 Å². The van der Waals surface area contributed by atoms with Crippen molar-refractivity contribution >= 4 is 23.7 Å². The topological polar surface area (TPSA) is 82.0 Å². The van der Waals surface area contributed by atoms with Gasteiger partial charge in [-0.05, 0) is 42.7 Å². The highest BCUT2D eigenvalue weighted by molar-refractivity contribution is 6.12. The second kappa shape index (κ2) is 6.83. The number of aliphatic imine (C=N–C) groups is 1. The fourth-order valence-corrected chi connectivity index (χ4v) is 3.48. The molecule has 1 unspecified atom stereocenters. The van der Waals surface area contributed by atoms with Crippen LogP contribution in [0.15, 0.2) is 41.4 Å². The third-order valence-corrected chi connectivity index (χ3v) is 4.94. The second-order valence-electron chi connectivity index (χ2n) is 6.68. The Kier molecular flexibility index (Phi) is 4.35. The molecule has 1 amide bonds. The van der Waals surface area contributed by atoms with E-state index in [0.717, 1.165) is 30.4 Å². The molecule has 138 valence electrons. The maximum absolute atomic E-state index is 13.8. The molecule has 2 heterocycles. The number of aromatic hydroxyl groups is 1. The first-order valence-electron chi connectivity index (χ1n) is 8.79. The summed E-state index contributed by atoms with van der Waals surface area (Å²) in [4.78, 5) is 29.6. The number of aldehydes is 1. The monoisotopic (exact) mass is 367 g/mol. The van der Waals surface area contributed by atoms with Crippen molar-refractivity contribution in [2.24, 2.45) is 4.99 Å². The van der Waals surface area contributed by atoms with Crippen LogP contribution in [0, 0.1) is 5.82 Å². The molecule has 1 atom stereocenters. The molecule has 0 aromatic heterocycles. The molecular weight excluding hydrogens is 349 g/mol. The molecule has 2 aliphatic heterocycles. The van der Waals surface area contributed by atoms with Crippen LogP contribution >= 0.6 is 0 Å². The van der Waals surface area contributed by atoms with Crippen LogP contribution in [0.3, 0.4) is 0 Å². The fraction of sp³-hybridized carbons (Fsp3) is 0.250. The van der Waals surface area contributed by atoms with Crippen LogP contribution in [-0.2, 0) is 4.79 Å². The first-order valence-corrected chi connectivity index (χ1v) is 8.79. The van der Waals surface area contributed by atoms with Crippen molar-refractivity contribution in [3.05, 3.63) is 58.9 Å². The number of phenols is 1. The number of hydrogen-bond acceptors (Lipinski definition) is 5. The molecule has 1 fully saturated rings. The SMILES string of the molecule is O=Cc1cc(C2=NC(=O)C(c3ccc(N4CCCC4)cc3)N2)cc(F)c1O. The van der Waals surface area contributed by atoms with E-state index in [-0.39, 0.29) is 22.9 Å². The molecule has 4 rings (SSSR count). The molecule has 1 saturated heterocycles. The van der Waals surface area contributed by atoms with E-state index in [2.05, 4.69) is 15.2 Å². The maximum atomic E-state index is 13.8. The highest BCUT2D eigenvalue weighted by Crippen LogP contribution is 2.27. The van der Waals surface area contributed by atoms with E-state index in [4.69, 9.17) is 0 Å². The fourth-order valence-electron chi connectivity index (χ4n) is 3.48. The Labute approximate surface area is 155 Å². The number of benzene rings is 2. The molecular formula is C20H18FN3O3. The highest BCUT2D eigenvalue weighted by atomic mass is 19.1. The van der Waals surface area contributed by atoms with E-state index >= 15 is 0 Å². The molecule has 2 aromatic rings. The number of halogens is 1. The third-order valence-electron chi connectivity index (χ3n) is 4.94. The summed E-state index contributed by atoms with van der Waals surface area (Å²) in [5, 5.41) is 12.5. The summed E-state index contributed by atoms with van der Waals surface area (Å²) in [7, 11) is 0. The van der Waals surface area contributed by atoms with Crippen molar-refractivity contribution in [1.82, 2.24) is 5.32 Å². The van der Waals surface area contributed by atoms with Gasteiger partial charge in [0.1, 0.15) is 11.9 Å². The minimum absolute atomic E-state index is 0.176. The van der Waals surface area contributed by atoms with Gasteiger partial charge in [0.2, 0.25) is 0 Å². The van der Waals surface area contributed by atoms with Crippen LogP contribution in [-0.4, -0.2) is 36.2 Å². The lowest BCUT2D eigenvalue weighted by Gasteiger charge is -2.18. The summed E-state index contributed by atoms with van der Waals surface area (Å²) in [6, 6.07) is 9.41. The van der Waals surface area contributed by atoms with Gasteiger partial charge in [-0.3, -0.25) is 9.59 Å². The number of anilines is 1. The van der Waals surface area contributed by atoms with Crippen LogP contribution in [0.4, 0.5) is 10.1 Å². The lowest BCUT2D eigenvalue weighted by atomic mass is 10.1. The van der Waals surface area contributed by atoms with Gasteiger partial charge in [0.05, 0.1) is 5.56 Å². The van der Waals surface area contributed by atoms with Gasteiger partial charge in [-0.25, -0.2) is 4.39 Å². The first kappa shape index (κ1) is 17.2. The number of nitrogens with one attached hydrogen (secondary N) is 1. The van der Waals surface area contributed by atoms with E-state index in [1.54, 1.807) is 0 Å². The van der Waals surface area contributed by atoms with Crippen molar-refractivity contribution in [2.45, 2.75) is 18.9 Å². The minimum atomic E-state index is -0.940. The van der Waals surface area contributed by atoms with Gasteiger partial charge < -0.3 is 15.3 Å². The van der Waals surface area contributed by atoms with E-state index in [0.29, 0.717) is 6.29 Å². The minimum Gasteiger partial charge on any atom is -0.504 e. The summed E-state index contributed by atoms with van der Waals surface area (Å²) in [6.07, 6.45) is 2.73. The van der Waals surface area contributed by atoms with Crippen LogP contribution in [0.2, 0.25) is 0 Å². The van der Waals surface area contributed by atoms with E-state index in [1.807, 2.05) is 24.3 Å². The Morgan fingerprint density at radius 2 is 1.89 bits per heavy atom. The Morgan fingerprint density at radius 3 is 2.56 bits per heavy atom. The molecule has 0 saturated carbocycles. The number of phenolic OH excluding ortho intramolecular Hbond substituents is 1. The number of amidine groups is 1. The molecule has 0 bridgehead atoms. The van der Waals surface area contributed by atoms with Crippen LogP contribution < -0.4 is 10.2 Å². The number of carbonyl (C=O) groups excluding carboxylic acids is 2. The molecule has 0 spiro atoms. The molecule has 6 nitrogen and oxygen atoms in total. The third kappa shape index (κ3) is 3.16. The molecule has 7 heteroatoms. The predicted molar refractivity (Wildman–Crippen MR) is 98.8 cm³/mol. The second-order valence-corrected chi connectivity index (χ2v) is 6.68. The summed E-state index contributed by atoms with van der Waals surface area (Å²) in [5.41, 5.74) is 1.92. The maximum Gasteiger partial charge on any atom is 0.274 e. The molecule has 0 aliphatic carbocycles. The van der Waals surface area contributed by atoms with Gasteiger partial charge in [-0.2, -0.15) is 4.99 Å². The normalized spacial score (nSPS) is 19.1. The molecule has 2 aromatic carbocycles. The Balaban J connectivity index is 1.56. The van der Waals surface area contributed by atoms with Crippen LogP contribution in [0.25, 0.3) is 0 Å². The van der Waals surface area contributed by atoms with Gasteiger partial charge in [-0.1, -0.05) is 12.1 Å². The average molecular weight is 367 g/mol. The van der Waals surface area contributed by atoms with E-state index in [1.165, 1.54) is 18.9 Å². The quantitative estimate of drug-likeness (QED) is 0.812. The number of carbonyl (C=O) groups is 2. The number of nitrogens with zero attached hydrogens (tertiary/aromatic N) is 2. The molecule has 2 N–H and O–H groups in total. The zero-order valence-electron chi connectivity index (χ0n) is 14.5. The van der Waals surface area contributed by atoms with Crippen molar-refractivity contribution in [3.63, 3.8) is 0 Å². The van der Waals surface area contributed by atoms with E-state index in [9.17, 15) is 19.1 Å². The zero-order valence-corrected chi connectivity index (χ0v) is 14.5. The summed E-state index contributed by atoms with van der Waals surface area (Å²) < 4.78 is 13.8. The van der Waals surface area contributed by atoms with Gasteiger partial charge in [0.15, 0.2) is 17.9 Å². The summed E-state index contributed by atoms with van der Waals surface area (Å²) in [6.45, 7) is 2.08. The Bertz CT molecular complexity index is 934. The van der Waals surface area contributed by atoms with Crippen molar-refractivity contribution in [1.29, 1.82) is 0 Å². The first-order chi connectivity index (χ1) is 13.1. The van der Waals surface area contributed by atoms with Crippen molar-refractivity contribution in [3.8, 4) is 5.75 Å². The van der Waals surface area contributed by atoms with E-state index < -0.39 is 17.6 Å². The predicted octanol–water partition coefficient (Wildman–Crippen LogP) is 2.56.